The van der Waals surface area contributed by atoms with Crippen molar-refractivity contribution in [3.05, 3.63) is 24.3 Å². The Kier molecular flexibility index (Phi) is 3.94. The van der Waals surface area contributed by atoms with E-state index in [4.69, 9.17) is 14.6 Å². The van der Waals surface area contributed by atoms with Gasteiger partial charge in [-0.25, -0.2) is 4.79 Å². The van der Waals surface area contributed by atoms with Gasteiger partial charge >= 0.3 is 12.1 Å². The van der Waals surface area contributed by atoms with Crippen LogP contribution in [0.4, 0.5) is 4.79 Å². The van der Waals surface area contributed by atoms with Gasteiger partial charge in [-0.2, -0.15) is 0 Å². The van der Waals surface area contributed by atoms with Gasteiger partial charge in [0.05, 0.1) is 12.6 Å². The SMILES string of the molecule is COc1c(OC(=O)NCC(=O)O)nnc2ccccc12. The van der Waals surface area contributed by atoms with Gasteiger partial charge in [-0.1, -0.05) is 12.1 Å². The Bertz CT molecular complexity index is 659. The average Bonchev–Trinajstić information content (AvgIpc) is 2.45. The maximum atomic E-state index is 11.4. The van der Waals surface area contributed by atoms with Crippen molar-refractivity contribution in [2.75, 3.05) is 13.7 Å². The number of nitrogens with zero attached hydrogens (tertiary/aromatic N) is 2. The quantitative estimate of drug-likeness (QED) is 0.850. The second kappa shape index (κ2) is 5.83. The summed E-state index contributed by atoms with van der Waals surface area (Å²) in [5, 5.41) is 18.8. The Morgan fingerprint density at radius 3 is 2.75 bits per heavy atom. The van der Waals surface area contributed by atoms with Crippen LogP contribution in [0.25, 0.3) is 10.9 Å². The fraction of sp³-hybridized carbons (Fsp3) is 0.167. The molecule has 0 saturated carbocycles. The molecule has 1 aromatic carbocycles. The first-order chi connectivity index (χ1) is 9.61. The summed E-state index contributed by atoms with van der Waals surface area (Å²) in [6.45, 7) is -0.553. The first-order valence-corrected chi connectivity index (χ1v) is 5.58. The fourth-order valence-electron chi connectivity index (χ4n) is 1.55. The smallest absolute Gasteiger partial charge is 0.414 e. The number of benzene rings is 1. The van der Waals surface area contributed by atoms with Crippen molar-refractivity contribution in [3.8, 4) is 11.6 Å². The molecule has 0 fully saturated rings. The van der Waals surface area contributed by atoms with Crippen LogP contribution in [0.2, 0.25) is 0 Å². The predicted octanol–water partition coefficient (Wildman–Crippen LogP) is 0.811. The highest BCUT2D eigenvalue weighted by Crippen LogP contribution is 2.31. The molecule has 0 saturated heterocycles. The number of hydrogen-bond donors (Lipinski definition) is 2. The van der Waals surface area contributed by atoms with Crippen LogP contribution in [0.3, 0.4) is 0 Å². The van der Waals surface area contributed by atoms with Crippen molar-refractivity contribution in [2.45, 2.75) is 0 Å². The molecule has 1 aromatic heterocycles. The van der Waals surface area contributed by atoms with E-state index in [0.29, 0.717) is 10.9 Å². The third-order valence-electron chi connectivity index (χ3n) is 2.37. The third kappa shape index (κ3) is 2.91. The van der Waals surface area contributed by atoms with Crippen molar-refractivity contribution in [1.29, 1.82) is 0 Å². The van der Waals surface area contributed by atoms with Gasteiger partial charge in [0.25, 0.3) is 5.88 Å². The Hall–Kier alpha value is -2.90. The number of fused-ring (bicyclic) bond motifs is 1. The molecule has 1 amide bonds. The van der Waals surface area contributed by atoms with Crippen molar-refractivity contribution in [3.63, 3.8) is 0 Å². The van der Waals surface area contributed by atoms with Gasteiger partial charge in [0.15, 0.2) is 5.75 Å². The normalized spacial score (nSPS) is 10.1. The Labute approximate surface area is 113 Å². The molecular formula is C12H11N3O5. The van der Waals surface area contributed by atoms with Crippen molar-refractivity contribution in [2.24, 2.45) is 0 Å². The third-order valence-corrected chi connectivity index (χ3v) is 2.37. The van der Waals surface area contributed by atoms with Gasteiger partial charge in [-0.3, -0.25) is 4.79 Å². The highest BCUT2D eigenvalue weighted by atomic mass is 16.6. The van der Waals surface area contributed by atoms with Crippen LogP contribution in [0, 0.1) is 0 Å². The molecule has 0 radical (unpaired) electrons. The topological polar surface area (TPSA) is 111 Å². The molecule has 0 aliphatic rings. The standard InChI is InChI=1S/C12H11N3O5/c1-19-10-7-4-2-3-5-8(7)14-15-11(10)20-12(18)13-6-9(16)17/h2-5H,6H2,1H3,(H,13,18)(H,16,17). The molecule has 1 heterocycles. The van der Waals surface area contributed by atoms with Crippen LogP contribution in [0.15, 0.2) is 24.3 Å². The zero-order valence-corrected chi connectivity index (χ0v) is 10.5. The number of rotatable bonds is 4. The molecule has 2 rings (SSSR count). The van der Waals surface area contributed by atoms with Gasteiger partial charge in [-0.15, -0.1) is 10.2 Å². The lowest BCUT2D eigenvalue weighted by Gasteiger charge is -2.09. The number of aliphatic carboxylic acids is 1. The summed E-state index contributed by atoms with van der Waals surface area (Å²) in [4.78, 5) is 21.7. The van der Waals surface area contributed by atoms with E-state index < -0.39 is 18.6 Å². The minimum atomic E-state index is -1.18. The number of amides is 1. The molecule has 8 heteroatoms. The number of ether oxygens (including phenoxy) is 2. The predicted molar refractivity (Wildman–Crippen MR) is 67.8 cm³/mol. The van der Waals surface area contributed by atoms with Gasteiger partial charge in [-0.05, 0) is 12.1 Å². The van der Waals surface area contributed by atoms with Crippen LogP contribution in [-0.2, 0) is 4.79 Å². The lowest BCUT2D eigenvalue weighted by Crippen LogP contribution is -2.32. The fourth-order valence-corrected chi connectivity index (χ4v) is 1.55. The summed E-state index contributed by atoms with van der Waals surface area (Å²) in [7, 11) is 1.41. The number of carboxylic acids is 1. The molecule has 20 heavy (non-hydrogen) atoms. The molecule has 0 aliphatic heterocycles. The van der Waals surface area contributed by atoms with Crippen LogP contribution < -0.4 is 14.8 Å². The summed E-state index contributed by atoms with van der Waals surface area (Å²) in [5.41, 5.74) is 0.586. The van der Waals surface area contributed by atoms with Crippen LogP contribution in [0.5, 0.6) is 11.6 Å². The number of hydrogen-bond acceptors (Lipinski definition) is 6. The number of methoxy groups -OCH3 is 1. The molecule has 0 unspecified atom stereocenters. The van der Waals surface area contributed by atoms with E-state index in [1.54, 1.807) is 24.3 Å². The van der Waals surface area contributed by atoms with Crippen molar-refractivity contribution >= 4 is 23.0 Å². The molecule has 8 nitrogen and oxygen atoms in total. The first-order valence-electron chi connectivity index (χ1n) is 5.58. The summed E-state index contributed by atoms with van der Waals surface area (Å²) in [6, 6.07) is 7.04. The van der Waals surface area contributed by atoms with E-state index in [0.717, 1.165) is 0 Å². The molecule has 0 aliphatic carbocycles. The lowest BCUT2D eigenvalue weighted by molar-refractivity contribution is -0.135. The van der Waals surface area contributed by atoms with E-state index in [9.17, 15) is 9.59 Å². The van der Waals surface area contributed by atoms with E-state index in [1.807, 2.05) is 5.32 Å². The molecule has 104 valence electrons. The number of nitrogens with one attached hydrogen (secondary N) is 1. The molecule has 2 N–H and O–H groups in total. The van der Waals surface area contributed by atoms with E-state index in [2.05, 4.69) is 10.2 Å². The van der Waals surface area contributed by atoms with Crippen molar-refractivity contribution < 1.29 is 24.2 Å². The van der Waals surface area contributed by atoms with Gasteiger partial charge in [0.2, 0.25) is 0 Å². The Balaban J connectivity index is 2.25. The van der Waals surface area contributed by atoms with Crippen LogP contribution >= 0.6 is 0 Å². The molecule has 0 bridgehead atoms. The summed E-state index contributed by atoms with van der Waals surface area (Å²) in [6.07, 6.45) is -0.949. The first kappa shape index (κ1) is 13.5. The molecule has 0 atom stereocenters. The zero-order valence-electron chi connectivity index (χ0n) is 10.5. The van der Waals surface area contributed by atoms with E-state index in [-0.39, 0.29) is 11.6 Å². The second-order valence-electron chi connectivity index (χ2n) is 3.69. The summed E-state index contributed by atoms with van der Waals surface area (Å²) >= 11 is 0. The minimum Gasteiger partial charge on any atom is -0.491 e. The maximum absolute atomic E-state index is 11.4. The summed E-state index contributed by atoms with van der Waals surface area (Å²) < 4.78 is 10.0. The largest absolute Gasteiger partial charge is 0.491 e. The number of carbonyl (C=O) groups is 2. The monoisotopic (exact) mass is 277 g/mol. The lowest BCUT2D eigenvalue weighted by atomic mass is 10.2. The molecular weight excluding hydrogens is 266 g/mol. The minimum absolute atomic E-state index is 0.130. The Morgan fingerprint density at radius 1 is 1.30 bits per heavy atom. The maximum Gasteiger partial charge on any atom is 0.414 e. The van der Waals surface area contributed by atoms with Gasteiger partial charge in [0, 0.05) is 5.39 Å². The highest BCUT2D eigenvalue weighted by molar-refractivity contribution is 5.87. The number of carbonyl (C=O) groups excluding carboxylic acids is 1. The van der Waals surface area contributed by atoms with E-state index in [1.165, 1.54) is 7.11 Å². The van der Waals surface area contributed by atoms with E-state index >= 15 is 0 Å². The van der Waals surface area contributed by atoms with Gasteiger partial charge in [0.1, 0.15) is 6.54 Å². The second-order valence-corrected chi connectivity index (χ2v) is 3.69. The average molecular weight is 277 g/mol. The van der Waals surface area contributed by atoms with Crippen molar-refractivity contribution in [1.82, 2.24) is 15.5 Å². The zero-order chi connectivity index (χ0) is 14.5. The van der Waals surface area contributed by atoms with Gasteiger partial charge < -0.3 is 19.9 Å². The molecule has 0 spiro atoms. The van der Waals surface area contributed by atoms with Crippen LogP contribution in [0.1, 0.15) is 0 Å². The highest BCUT2D eigenvalue weighted by Gasteiger charge is 2.16. The Morgan fingerprint density at radius 2 is 2.05 bits per heavy atom. The summed E-state index contributed by atoms with van der Waals surface area (Å²) in [5.74, 6) is -1.06. The van der Waals surface area contributed by atoms with Crippen LogP contribution in [-0.4, -0.2) is 41.0 Å². The number of carboxylic acid groups (broad SMARTS) is 1. The molecule has 2 aromatic rings. The number of aromatic nitrogens is 2.